The highest BCUT2D eigenvalue weighted by molar-refractivity contribution is 5.46. The van der Waals surface area contributed by atoms with E-state index in [1.807, 2.05) is 30.1 Å². The third-order valence-corrected chi connectivity index (χ3v) is 1.64. The van der Waals surface area contributed by atoms with Gasteiger partial charge in [-0.3, -0.25) is 0 Å². The zero-order chi connectivity index (χ0) is 6.97. The Kier molecular flexibility index (Phi) is 1.03. The lowest BCUT2D eigenvalue weighted by atomic mass is 10.3. The predicted octanol–water partition coefficient (Wildman–Crippen LogP) is 1.13. The van der Waals surface area contributed by atoms with Crippen LogP contribution in [0.4, 0.5) is 5.82 Å². The quantitative estimate of drug-likeness (QED) is 0.578. The average molecular weight is 135 g/mol. The van der Waals surface area contributed by atoms with Crippen molar-refractivity contribution in [1.82, 2.24) is 9.78 Å². The van der Waals surface area contributed by atoms with Crippen molar-refractivity contribution in [2.75, 3.05) is 5.32 Å². The van der Waals surface area contributed by atoms with Crippen molar-refractivity contribution in [1.29, 1.82) is 0 Å². The van der Waals surface area contributed by atoms with Gasteiger partial charge in [0.1, 0.15) is 5.82 Å². The Morgan fingerprint density at radius 3 is 3.40 bits per heavy atom. The van der Waals surface area contributed by atoms with E-state index in [-0.39, 0.29) is 0 Å². The van der Waals surface area contributed by atoms with Gasteiger partial charge in [-0.05, 0) is 13.0 Å². The zero-order valence-electron chi connectivity index (χ0n) is 5.83. The number of aromatic nitrogens is 2. The summed E-state index contributed by atoms with van der Waals surface area (Å²) in [5, 5.41) is 7.29. The van der Waals surface area contributed by atoms with Gasteiger partial charge in [0.15, 0.2) is 0 Å². The third-order valence-electron chi connectivity index (χ3n) is 1.64. The molecule has 3 nitrogen and oxygen atoms in total. The summed E-state index contributed by atoms with van der Waals surface area (Å²) in [6.07, 6.45) is 5.86. The van der Waals surface area contributed by atoms with E-state index in [0.717, 1.165) is 12.4 Å². The lowest BCUT2D eigenvalue weighted by molar-refractivity contribution is 0.700. The van der Waals surface area contributed by atoms with Crippen LogP contribution in [-0.4, -0.2) is 9.78 Å². The predicted molar refractivity (Wildman–Crippen MR) is 39.7 cm³/mol. The average Bonchev–Trinajstić information content (AvgIpc) is 2.34. The SMILES string of the molecule is Cc1cnn2c1NC=CC2. The monoisotopic (exact) mass is 135 g/mol. The topological polar surface area (TPSA) is 29.9 Å². The van der Waals surface area contributed by atoms with Crippen LogP contribution in [0.25, 0.3) is 0 Å². The van der Waals surface area contributed by atoms with Gasteiger partial charge in [0.2, 0.25) is 0 Å². The Morgan fingerprint density at radius 1 is 1.70 bits per heavy atom. The van der Waals surface area contributed by atoms with Crippen LogP contribution in [-0.2, 0) is 6.54 Å². The first kappa shape index (κ1) is 5.53. The van der Waals surface area contributed by atoms with Crippen LogP contribution in [0.15, 0.2) is 18.5 Å². The number of fused-ring (bicyclic) bond motifs is 1. The molecule has 0 fully saturated rings. The van der Waals surface area contributed by atoms with Gasteiger partial charge in [0.05, 0.1) is 12.7 Å². The highest BCUT2D eigenvalue weighted by Crippen LogP contribution is 2.15. The summed E-state index contributed by atoms with van der Waals surface area (Å²) in [5.41, 5.74) is 1.20. The van der Waals surface area contributed by atoms with Gasteiger partial charge in [-0.25, -0.2) is 4.68 Å². The summed E-state index contributed by atoms with van der Waals surface area (Å²) in [4.78, 5) is 0. The number of allylic oxidation sites excluding steroid dienone is 1. The second-order valence-corrected chi connectivity index (χ2v) is 2.41. The molecule has 0 bridgehead atoms. The first-order chi connectivity index (χ1) is 4.88. The summed E-state index contributed by atoms with van der Waals surface area (Å²) in [5.74, 6) is 1.11. The van der Waals surface area contributed by atoms with Gasteiger partial charge in [0, 0.05) is 11.8 Å². The summed E-state index contributed by atoms with van der Waals surface area (Å²) in [6, 6.07) is 0. The number of hydrogen-bond acceptors (Lipinski definition) is 2. The fourth-order valence-corrected chi connectivity index (χ4v) is 1.10. The Labute approximate surface area is 59.4 Å². The molecular weight excluding hydrogens is 126 g/mol. The zero-order valence-corrected chi connectivity index (χ0v) is 5.83. The molecule has 0 aliphatic carbocycles. The van der Waals surface area contributed by atoms with E-state index < -0.39 is 0 Å². The normalized spacial score (nSPS) is 14.5. The van der Waals surface area contributed by atoms with Gasteiger partial charge < -0.3 is 5.32 Å². The third kappa shape index (κ3) is 0.635. The molecule has 2 heterocycles. The molecule has 1 aliphatic rings. The van der Waals surface area contributed by atoms with Gasteiger partial charge in [0.25, 0.3) is 0 Å². The van der Waals surface area contributed by atoms with E-state index in [2.05, 4.69) is 10.4 Å². The lowest BCUT2D eigenvalue weighted by Crippen LogP contribution is -2.07. The number of nitrogens with zero attached hydrogens (tertiary/aromatic N) is 2. The van der Waals surface area contributed by atoms with Crippen molar-refractivity contribution in [3.8, 4) is 0 Å². The van der Waals surface area contributed by atoms with Crippen LogP contribution in [0, 0.1) is 6.92 Å². The largest absolute Gasteiger partial charge is 0.347 e. The molecule has 0 unspecified atom stereocenters. The smallest absolute Gasteiger partial charge is 0.131 e. The molecule has 0 radical (unpaired) electrons. The minimum absolute atomic E-state index is 0.885. The summed E-state index contributed by atoms with van der Waals surface area (Å²) >= 11 is 0. The van der Waals surface area contributed by atoms with Crippen LogP contribution in [0.3, 0.4) is 0 Å². The summed E-state index contributed by atoms with van der Waals surface area (Å²) < 4.78 is 1.94. The number of aryl methyl sites for hydroxylation is 1. The number of anilines is 1. The van der Waals surface area contributed by atoms with Crippen molar-refractivity contribution >= 4 is 5.82 Å². The van der Waals surface area contributed by atoms with Crippen LogP contribution < -0.4 is 5.32 Å². The molecule has 10 heavy (non-hydrogen) atoms. The van der Waals surface area contributed by atoms with E-state index >= 15 is 0 Å². The van der Waals surface area contributed by atoms with Crippen LogP contribution >= 0.6 is 0 Å². The fraction of sp³-hybridized carbons (Fsp3) is 0.286. The Hall–Kier alpha value is -1.25. The van der Waals surface area contributed by atoms with Crippen molar-refractivity contribution in [2.24, 2.45) is 0 Å². The van der Waals surface area contributed by atoms with Crippen LogP contribution in [0.2, 0.25) is 0 Å². The minimum Gasteiger partial charge on any atom is -0.347 e. The summed E-state index contributed by atoms with van der Waals surface area (Å²) in [6.45, 7) is 2.93. The van der Waals surface area contributed by atoms with Crippen LogP contribution in [0.5, 0.6) is 0 Å². The minimum atomic E-state index is 0.885. The van der Waals surface area contributed by atoms with Gasteiger partial charge in [-0.15, -0.1) is 0 Å². The molecule has 0 saturated carbocycles. The second-order valence-electron chi connectivity index (χ2n) is 2.41. The maximum Gasteiger partial charge on any atom is 0.131 e. The molecule has 0 aromatic carbocycles. The molecule has 0 atom stereocenters. The molecule has 1 aliphatic heterocycles. The maximum atomic E-state index is 4.16. The Bertz CT molecular complexity index is 272. The molecule has 0 amide bonds. The van der Waals surface area contributed by atoms with E-state index in [9.17, 15) is 0 Å². The molecule has 1 N–H and O–H groups in total. The van der Waals surface area contributed by atoms with E-state index in [1.54, 1.807) is 0 Å². The van der Waals surface area contributed by atoms with E-state index in [0.29, 0.717) is 0 Å². The van der Waals surface area contributed by atoms with Gasteiger partial charge in [-0.1, -0.05) is 0 Å². The van der Waals surface area contributed by atoms with Gasteiger partial charge in [-0.2, -0.15) is 5.10 Å². The number of nitrogens with one attached hydrogen (secondary N) is 1. The van der Waals surface area contributed by atoms with Crippen molar-refractivity contribution in [3.63, 3.8) is 0 Å². The fourth-order valence-electron chi connectivity index (χ4n) is 1.10. The highest BCUT2D eigenvalue weighted by atomic mass is 15.3. The van der Waals surface area contributed by atoms with Crippen LogP contribution in [0.1, 0.15) is 5.56 Å². The molecule has 1 aromatic rings. The molecule has 3 heteroatoms. The molecule has 1 aromatic heterocycles. The van der Waals surface area contributed by atoms with E-state index in [4.69, 9.17) is 0 Å². The highest BCUT2D eigenvalue weighted by Gasteiger charge is 2.06. The Balaban J connectivity index is 2.50. The molecular formula is C7H9N3. The first-order valence-electron chi connectivity index (χ1n) is 3.32. The van der Waals surface area contributed by atoms with Crippen molar-refractivity contribution in [2.45, 2.75) is 13.5 Å². The number of rotatable bonds is 0. The molecule has 0 spiro atoms. The number of hydrogen-bond donors (Lipinski definition) is 1. The molecule has 2 rings (SSSR count). The standard InChI is InChI=1S/C7H9N3/c1-6-5-9-10-4-2-3-8-7(6)10/h2-3,5,8H,4H2,1H3. The maximum absolute atomic E-state index is 4.16. The molecule has 52 valence electrons. The summed E-state index contributed by atoms with van der Waals surface area (Å²) in [7, 11) is 0. The van der Waals surface area contributed by atoms with Crippen molar-refractivity contribution < 1.29 is 0 Å². The molecule has 0 saturated heterocycles. The van der Waals surface area contributed by atoms with Gasteiger partial charge >= 0.3 is 0 Å². The first-order valence-corrected chi connectivity index (χ1v) is 3.32. The second kappa shape index (κ2) is 1.87. The Morgan fingerprint density at radius 2 is 2.60 bits per heavy atom. The lowest BCUT2D eigenvalue weighted by Gasteiger charge is -2.09. The van der Waals surface area contributed by atoms with Crippen molar-refractivity contribution in [3.05, 3.63) is 24.0 Å². The van der Waals surface area contributed by atoms with E-state index in [1.165, 1.54) is 5.56 Å².